The molecule has 96 valence electrons. The van der Waals surface area contributed by atoms with Gasteiger partial charge in [0.1, 0.15) is 0 Å². The van der Waals surface area contributed by atoms with E-state index in [0.717, 1.165) is 43.8 Å². The van der Waals surface area contributed by atoms with E-state index in [4.69, 9.17) is 10.3 Å². The first-order valence-electron chi connectivity index (χ1n) is 6.86. The molecule has 1 aromatic rings. The van der Waals surface area contributed by atoms with E-state index in [-0.39, 0.29) is 0 Å². The summed E-state index contributed by atoms with van der Waals surface area (Å²) in [5.41, 5.74) is 6.12. The van der Waals surface area contributed by atoms with Crippen LogP contribution in [-0.2, 0) is 12.8 Å². The zero-order chi connectivity index (χ0) is 12.1. The quantitative estimate of drug-likeness (QED) is 0.854. The van der Waals surface area contributed by atoms with Crippen molar-refractivity contribution in [2.45, 2.75) is 64.3 Å². The molecule has 4 heteroatoms. The van der Waals surface area contributed by atoms with Crippen LogP contribution in [0.2, 0.25) is 0 Å². The van der Waals surface area contributed by atoms with Crippen LogP contribution in [0, 0.1) is 5.92 Å². The average molecular weight is 237 g/mol. The number of hydrogen-bond donors (Lipinski definition) is 1. The number of hydrogen-bond acceptors (Lipinski definition) is 4. The van der Waals surface area contributed by atoms with E-state index in [1.807, 2.05) is 0 Å². The molecule has 1 aliphatic rings. The smallest absolute Gasteiger partial charge is 0.226 e. The molecule has 17 heavy (non-hydrogen) atoms. The first-order chi connectivity index (χ1) is 8.29. The third-order valence-electron chi connectivity index (χ3n) is 3.67. The Morgan fingerprint density at radius 1 is 1.35 bits per heavy atom. The monoisotopic (exact) mass is 237 g/mol. The van der Waals surface area contributed by atoms with Crippen LogP contribution in [0.4, 0.5) is 0 Å². The number of nitrogens with zero attached hydrogens (tertiary/aromatic N) is 2. The van der Waals surface area contributed by atoms with E-state index in [9.17, 15) is 0 Å². The Morgan fingerprint density at radius 3 is 2.94 bits per heavy atom. The number of nitrogens with two attached hydrogens (primary N) is 1. The van der Waals surface area contributed by atoms with Gasteiger partial charge in [0.15, 0.2) is 5.82 Å². The molecule has 0 spiro atoms. The zero-order valence-electron chi connectivity index (χ0n) is 10.7. The first kappa shape index (κ1) is 12.6. The van der Waals surface area contributed by atoms with Gasteiger partial charge in [0.25, 0.3) is 0 Å². The van der Waals surface area contributed by atoms with Crippen LogP contribution in [0.15, 0.2) is 4.52 Å². The SMILES string of the molecule is CCCCc1noc(CC2CCCCC2N)n1. The Kier molecular flexibility index (Phi) is 4.54. The number of aromatic nitrogens is 2. The van der Waals surface area contributed by atoms with E-state index in [1.54, 1.807) is 0 Å². The fourth-order valence-electron chi connectivity index (χ4n) is 2.52. The van der Waals surface area contributed by atoms with Gasteiger partial charge >= 0.3 is 0 Å². The molecule has 4 nitrogen and oxygen atoms in total. The Bertz CT molecular complexity index is 337. The number of unbranched alkanes of at least 4 members (excludes halogenated alkanes) is 1. The molecule has 2 atom stereocenters. The predicted molar refractivity (Wildman–Crippen MR) is 66.5 cm³/mol. The summed E-state index contributed by atoms with van der Waals surface area (Å²) in [6, 6.07) is 0.315. The highest BCUT2D eigenvalue weighted by atomic mass is 16.5. The van der Waals surface area contributed by atoms with Gasteiger partial charge in [-0.15, -0.1) is 0 Å². The van der Waals surface area contributed by atoms with E-state index in [0.29, 0.717) is 12.0 Å². The van der Waals surface area contributed by atoms with Crippen LogP contribution in [0.25, 0.3) is 0 Å². The van der Waals surface area contributed by atoms with Gasteiger partial charge in [-0.1, -0.05) is 31.3 Å². The normalized spacial score (nSPS) is 25.1. The minimum absolute atomic E-state index is 0.315. The van der Waals surface area contributed by atoms with Gasteiger partial charge in [-0.2, -0.15) is 4.98 Å². The summed E-state index contributed by atoms with van der Waals surface area (Å²) in [6.45, 7) is 2.17. The Balaban J connectivity index is 1.87. The van der Waals surface area contributed by atoms with Crippen molar-refractivity contribution in [1.82, 2.24) is 10.1 Å². The standard InChI is InChI=1S/C13H23N3O/c1-2-3-8-12-15-13(17-16-12)9-10-6-4-5-7-11(10)14/h10-11H,2-9,14H2,1H3. The third-order valence-corrected chi connectivity index (χ3v) is 3.67. The third kappa shape index (κ3) is 3.53. The van der Waals surface area contributed by atoms with Crippen LogP contribution < -0.4 is 5.73 Å². The van der Waals surface area contributed by atoms with Gasteiger partial charge in [-0.05, 0) is 25.2 Å². The highest BCUT2D eigenvalue weighted by Crippen LogP contribution is 2.25. The van der Waals surface area contributed by atoms with Crippen LogP contribution in [0.5, 0.6) is 0 Å². The molecular formula is C13H23N3O. The lowest BCUT2D eigenvalue weighted by Crippen LogP contribution is -2.34. The van der Waals surface area contributed by atoms with Gasteiger partial charge in [0.2, 0.25) is 5.89 Å². The topological polar surface area (TPSA) is 64.9 Å². The largest absolute Gasteiger partial charge is 0.339 e. The summed E-state index contributed by atoms with van der Waals surface area (Å²) in [7, 11) is 0. The molecule has 0 bridgehead atoms. The van der Waals surface area contributed by atoms with Crippen molar-refractivity contribution >= 4 is 0 Å². The summed E-state index contributed by atoms with van der Waals surface area (Å²) in [4.78, 5) is 4.44. The van der Waals surface area contributed by atoms with E-state index >= 15 is 0 Å². The van der Waals surface area contributed by atoms with Crippen molar-refractivity contribution in [3.05, 3.63) is 11.7 Å². The van der Waals surface area contributed by atoms with E-state index in [1.165, 1.54) is 19.3 Å². The Hall–Kier alpha value is -0.900. The summed E-state index contributed by atoms with van der Waals surface area (Å²) in [5.74, 6) is 2.16. The number of rotatable bonds is 5. The Morgan fingerprint density at radius 2 is 2.18 bits per heavy atom. The minimum atomic E-state index is 0.315. The van der Waals surface area contributed by atoms with Crippen LogP contribution in [-0.4, -0.2) is 16.2 Å². The maximum atomic E-state index is 6.12. The van der Waals surface area contributed by atoms with Gasteiger partial charge in [0.05, 0.1) is 0 Å². The molecule has 1 saturated carbocycles. The van der Waals surface area contributed by atoms with Crippen molar-refractivity contribution in [2.75, 3.05) is 0 Å². The molecule has 0 amide bonds. The second kappa shape index (κ2) is 6.15. The molecule has 1 aliphatic carbocycles. The van der Waals surface area contributed by atoms with E-state index < -0.39 is 0 Å². The zero-order valence-corrected chi connectivity index (χ0v) is 10.7. The molecule has 1 fully saturated rings. The van der Waals surface area contributed by atoms with Crippen LogP contribution >= 0.6 is 0 Å². The molecule has 0 radical (unpaired) electrons. The van der Waals surface area contributed by atoms with Gasteiger partial charge < -0.3 is 10.3 Å². The second-order valence-corrected chi connectivity index (χ2v) is 5.12. The molecule has 0 saturated heterocycles. The number of aryl methyl sites for hydroxylation is 1. The van der Waals surface area contributed by atoms with Crippen molar-refractivity contribution < 1.29 is 4.52 Å². The van der Waals surface area contributed by atoms with Crippen molar-refractivity contribution in [3.63, 3.8) is 0 Å². The maximum Gasteiger partial charge on any atom is 0.226 e. The lowest BCUT2D eigenvalue weighted by atomic mass is 9.83. The van der Waals surface area contributed by atoms with E-state index in [2.05, 4.69) is 17.1 Å². The first-order valence-corrected chi connectivity index (χ1v) is 6.86. The molecule has 1 heterocycles. The van der Waals surface area contributed by atoms with Crippen LogP contribution in [0.1, 0.15) is 57.2 Å². The average Bonchev–Trinajstić information content (AvgIpc) is 2.77. The highest BCUT2D eigenvalue weighted by molar-refractivity contribution is 4.91. The van der Waals surface area contributed by atoms with Crippen molar-refractivity contribution in [2.24, 2.45) is 11.7 Å². The minimum Gasteiger partial charge on any atom is -0.339 e. The summed E-state index contributed by atoms with van der Waals surface area (Å²) in [6.07, 6.45) is 8.98. The summed E-state index contributed by atoms with van der Waals surface area (Å²) in [5, 5.41) is 4.02. The predicted octanol–water partition coefficient (Wildman–Crippen LogP) is 2.47. The summed E-state index contributed by atoms with van der Waals surface area (Å²) < 4.78 is 5.30. The molecule has 2 rings (SSSR count). The molecule has 0 aliphatic heterocycles. The molecular weight excluding hydrogens is 214 g/mol. The molecule has 2 N–H and O–H groups in total. The molecule has 1 aromatic heterocycles. The highest BCUT2D eigenvalue weighted by Gasteiger charge is 2.24. The lowest BCUT2D eigenvalue weighted by Gasteiger charge is -2.27. The second-order valence-electron chi connectivity index (χ2n) is 5.12. The maximum absolute atomic E-state index is 6.12. The van der Waals surface area contributed by atoms with Crippen molar-refractivity contribution in [3.8, 4) is 0 Å². The fourth-order valence-corrected chi connectivity index (χ4v) is 2.52. The Labute approximate surface area is 103 Å². The van der Waals surface area contributed by atoms with Crippen LogP contribution in [0.3, 0.4) is 0 Å². The van der Waals surface area contributed by atoms with Crippen molar-refractivity contribution in [1.29, 1.82) is 0 Å². The molecule has 0 aromatic carbocycles. The van der Waals surface area contributed by atoms with Gasteiger partial charge in [-0.25, -0.2) is 0 Å². The summed E-state index contributed by atoms with van der Waals surface area (Å²) >= 11 is 0. The van der Waals surface area contributed by atoms with Gasteiger partial charge in [-0.3, -0.25) is 0 Å². The molecule has 2 unspecified atom stereocenters. The van der Waals surface area contributed by atoms with Gasteiger partial charge in [0, 0.05) is 18.9 Å². The lowest BCUT2D eigenvalue weighted by molar-refractivity contribution is 0.272. The fraction of sp³-hybridized carbons (Fsp3) is 0.846.